The van der Waals surface area contributed by atoms with Crippen molar-refractivity contribution in [2.45, 2.75) is 13.8 Å². The molecule has 5 nitrogen and oxygen atoms in total. The van der Waals surface area contributed by atoms with Crippen molar-refractivity contribution in [3.63, 3.8) is 0 Å². The summed E-state index contributed by atoms with van der Waals surface area (Å²) in [6.45, 7) is 3.49. The van der Waals surface area contributed by atoms with Gasteiger partial charge in [0.15, 0.2) is 0 Å². The molecule has 0 heterocycles. The number of sulfonamides is 1. The molecule has 2 N–H and O–H groups in total. The van der Waals surface area contributed by atoms with E-state index in [1.807, 2.05) is 25.1 Å². The topological polar surface area (TPSA) is 75.3 Å². The first-order valence-electron chi connectivity index (χ1n) is 6.88. The lowest BCUT2D eigenvalue weighted by atomic mass is 10.1. The molecule has 0 bridgehead atoms. The van der Waals surface area contributed by atoms with Crippen molar-refractivity contribution in [2.75, 3.05) is 15.8 Å². The van der Waals surface area contributed by atoms with Crippen LogP contribution in [0.5, 0.6) is 0 Å². The molecule has 0 saturated carbocycles. The van der Waals surface area contributed by atoms with Crippen molar-refractivity contribution in [3.8, 4) is 0 Å². The van der Waals surface area contributed by atoms with Gasteiger partial charge in [0, 0.05) is 16.9 Å². The molecule has 0 aliphatic heterocycles. The Balaban J connectivity index is 2.17. The Kier molecular flexibility index (Phi) is 4.82. The number of hydrogen-bond acceptors (Lipinski definition) is 3. The molecule has 0 saturated heterocycles. The number of amides is 1. The van der Waals surface area contributed by atoms with Gasteiger partial charge in [-0.3, -0.25) is 9.52 Å². The fourth-order valence-corrected chi connectivity index (χ4v) is 2.53. The van der Waals surface area contributed by atoms with E-state index in [0.717, 1.165) is 5.56 Å². The molecular formula is C16H18N2O3S. The van der Waals surface area contributed by atoms with Gasteiger partial charge in [-0.25, -0.2) is 8.42 Å². The monoisotopic (exact) mass is 318 g/mol. The summed E-state index contributed by atoms with van der Waals surface area (Å²) in [4.78, 5) is 12.2. The number of carbonyl (C=O) groups excluding carboxylic acids is 1. The molecule has 116 valence electrons. The summed E-state index contributed by atoms with van der Waals surface area (Å²) in [6.07, 6.45) is 0. The molecule has 0 atom stereocenters. The predicted octanol–water partition coefficient (Wildman–Crippen LogP) is 3.01. The van der Waals surface area contributed by atoms with E-state index >= 15 is 0 Å². The minimum atomic E-state index is -3.36. The number of benzene rings is 2. The Bertz CT molecular complexity index is 785. The van der Waals surface area contributed by atoms with Gasteiger partial charge in [-0.15, -0.1) is 0 Å². The Labute approximate surface area is 130 Å². The highest BCUT2D eigenvalue weighted by Crippen LogP contribution is 2.15. The van der Waals surface area contributed by atoms with Gasteiger partial charge in [0.05, 0.1) is 5.75 Å². The molecule has 6 heteroatoms. The molecule has 2 rings (SSSR count). The van der Waals surface area contributed by atoms with Gasteiger partial charge in [-0.2, -0.15) is 0 Å². The van der Waals surface area contributed by atoms with Gasteiger partial charge in [0.25, 0.3) is 5.91 Å². The van der Waals surface area contributed by atoms with Gasteiger partial charge in [0.1, 0.15) is 0 Å². The van der Waals surface area contributed by atoms with Gasteiger partial charge < -0.3 is 5.32 Å². The van der Waals surface area contributed by atoms with Gasteiger partial charge in [-0.05, 0) is 49.7 Å². The van der Waals surface area contributed by atoms with E-state index in [0.29, 0.717) is 16.9 Å². The Morgan fingerprint density at radius 3 is 2.41 bits per heavy atom. The highest BCUT2D eigenvalue weighted by molar-refractivity contribution is 7.92. The van der Waals surface area contributed by atoms with Crippen LogP contribution in [0.1, 0.15) is 22.8 Å². The lowest BCUT2D eigenvalue weighted by molar-refractivity contribution is 0.102. The van der Waals surface area contributed by atoms with Crippen molar-refractivity contribution >= 4 is 27.3 Å². The zero-order valence-corrected chi connectivity index (χ0v) is 13.3. The Hall–Kier alpha value is -2.34. The third kappa shape index (κ3) is 4.33. The van der Waals surface area contributed by atoms with Crippen LogP contribution in [0.4, 0.5) is 11.4 Å². The van der Waals surface area contributed by atoms with E-state index in [-0.39, 0.29) is 11.7 Å². The van der Waals surface area contributed by atoms with E-state index in [2.05, 4.69) is 10.0 Å². The molecule has 1 amide bonds. The van der Waals surface area contributed by atoms with E-state index in [1.54, 1.807) is 31.2 Å². The number of nitrogens with one attached hydrogen (secondary N) is 2. The van der Waals surface area contributed by atoms with Gasteiger partial charge >= 0.3 is 0 Å². The Morgan fingerprint density at radius 2 is 1.73 bits per heavy atom. The third-order valence-corrected chi connectivity index (χ3v) is 4.36. The summed E-state index contributed by atoms with van der Waals surface area (Å²) in [5.74, 6) is -0.310. The lowest BCUT2D eigenvalue weighted by Gasteiger charge is -2.09. The van der Waals surface area contributed by atoms with E-state index in [1.165, 1.54) is 6.07 Å². The summed E-state index contributed by atoms with van der Waals surface area (Å²) in [5, 5.41) is 2.79. The van der Waals surface area contributed by atoms with E-state index < -0.39 is 10.0 Å². The third-order valence-electron chi connectivity index (χ3n) is 3.05. The molecule has 0 aromatic heterocycles. The van der Waals surface area contributed by atoms with Crippen LogP contribution in [-0.2, 0) is 10.0 Å². The standard InChI is InChI=1S/C16H18N2O3S/c1-3-22(20,21)18-15-9-5-7-13(11-15)16(19)17-14-8-4-6-12(2)10-14/h4-11,18H,3H2,1-2H3,(H,17,19). The minimum Gasteiger partial charge on any atom is -0.322 e. The average molecular weight is 318 g/mol. The maximum absolute atomic E-state index is 12.2. The first kappa shape index (κ1) is 16.0. The fraction of sp³-hybridized carbons (Fsp3) is 0.188. The summed E-state index contributed by atoms with van der Waals surface area (Å²) < 4.78 is 25.6. The molecule has 0 radical (unpaired) electrons. The maximum Gasteiger partial charge on any atom is 0.255 e. The van der Waals surface area contributed by atoms with Crippen molar-refractivity contribution < 1.29 is 13.2 Å². The number of hydrogen-bond donors (Lipinski definition) is 2. The lowest BCUT2D eigenvalue weighted by Crippen LogP contribution is -2.16. The van der Waals surface area contributed by atoms with Gasteiger partial charge in [0.2, 0.25) is 10.0 Å². The van der Waals surface area contributed by atoms with Crippen LogP contribution in [0.2, 0.25) is 0 Å². The summed E-state index contributed by atoms with van der Waals surface area (Å²) in [5.41, 5.74) is 2.50. The fourth-order valence-electron chi connectivity index (χ4n) is 1.90. The van der Waals surface area contributed by atoms with Crippen molar-refractivity contribution in [2.24, 2.45) is 0 Å². The average Bonchev–Trinajstić information content (AvgIpc) is 2.47. The number of rotatable bonds is 5. The molecule has 2 aromatic rings. The smallest absolute Gasteiger partial charge is 0.255 e. The van der Waals surface area contributed by atoms with Gasteiger partial charge in [-0.1, -0.05) is 18.2 Å². The highest BCUT2D eigenvalue weighted by atomic mass is 32.2. The van der Waals surface area contributed by atoms with Crippen molar-refractivity contribution in [1.29, 1.82) is 0 Å². The number of anilines is 2. The molecule has 0 unspecified atom stereocenters. The number of aryl methyl sites for hydroxylation is 1. The normalized spacial score (nSPS) is 11.0. The SMILES string of the molecule is CCS(=O)(=O)Nc1cccc(C(=O)Nc2cccc(C)c2)c1. The van der Waals surface area contributed by atoms with Crippen molar-refractivity contribution in [3.05, 3.63) is 59.7 Å². The molecule has 0 spiro atoms. The second kappa shape index (κ2) is 6.62. The van der Waals surface area contributed by atoms with E-state index in [4.69, 9.17) is 0 Å². The van der Waals surface area contributed by atoms with Crippen LogP contribution in [0.3, 0.4) is 0 Å². The quantitative estimate of drug-likeness (QED) is 0.890. The van der Waals surface area contributed by atoms with Crippen LogP contribution in [-0.4, -0.2) is 20.1 Å². The first-order chi connectivity index (χ1) is 10.4. The van der Waals surface area contributed by atoms with E-state index in [9.17, 15) is 13.2 Å². The zero-order valence-electron chi connectivity index (χ0n) is 12.5. The molecular weight excluding hydrogens is 300 g/mol. The zero-order chi connectivity index (χ0) is 16.2. The highest BCUT2D eigenvalue weighted by Gasteiger charge is 2.10. The second-order valence-electron chi connectivity index (χ2n) is 4.91. The Morgan fingerprint density at radius 1 is 1.05 bits per heavy atom. The molecule has 0 aliphatic rings. The summed E-state index contributed by atoms with van der Waals surface area (Å²) in [6, 6.07) is 13.9. The maximum atomic E-state index is 12.2. The molecule has 0 aliphatic carbocycles. The number of carbonyl (C=O) groups is 1. The van der Waals surface area contributed by atoms with Crippen LogP contribution >= 0.6 is 0 Å². The summed E-state index contributed by atoms with van der Waals surface area (Å²) >= 11 is 0. The van der Waals surface area contributed by atoms with Crippen LogP contribution in [0, 0.1) is 6.92 Å². The first-order valence-corrected chi connectivity index (χ1v) is 8.53. The predicted molar refractivity (Wildman–Crippen MR) is 88.7 cm³/mol. The molecule has 22 heavy (non-hydrogen) atoms. The largest absolute Gasteiger partial charge is 0.322 e. The molecule has 2 aromatic carbocycles. The molecule has 0 fully saturated rings. The minimum absolute atomic E-state index is 0.0211. The second-order valence-corrected chi connectivity index (χ2v) is 6.92. The van der Waals surface area contributed by atoms with Crippen molar-refractivity contribution in [1.82, 2.24) is 0 Å². The van der Waals surface area contributed by atoms with Crippen LogP contribution < -0.4 is 10.0 Å². The van der Waals surface area contributed by atoms with Crippen LogP contribution in [0.25, 0.3) is 0 Å². The van der Waals surface area contributed by atoms with Crippen LogP contribution in [0.15, 0.2) is 48.5 Å². The summed E-state index contributed by atoms with van der Waals surface area (Å²) in [7, 11) is -3.36.